The molecule has 1 aliphatic rings. The van der Waals surface area contributed by atoms with Crippen molar-refractivity contribution >= 4 is 29.7 Å². The van der Waals surface area contributed by atoms with Crippen LogP contribution in [0.5, 0.6) is 0 Å². The summed E-state index contributed by atoms with van der Waals surface area (Å²) in [5, 5.41) is 23.7. The molecule has 0 aliphatic carbocycles. The average Bonchev–Trinajstić information content (AvgIpc) is 3.34. The molecule has 0 bridgehead atoms. The van der Waals surface area contributed by atoms with Crippen LogP contribution in [0, 0.1) is 5.92 Å². The van der Waals surface area contributed by atoms with Gasteiger partial charge >= 0.3 is 11.9 Å². The number of carboxylic acid groups (broad SMARTS) is 2. The number of aliphatic carboxylic acids is 2. The Balaban J connectivity index is 2.18. The topological polar surface area (TPSA) is 179 Å². The van der Waals surface area contributed by atoms with Crippen LogP contribution in [0.1, 0.15) is 51.5 Å². The number of benzene rings is 1. The van der Waals surface area contributed by atoms with Crippen molar-refractivity contribution in [1.29, 1.82) is 0 Å². The standard InChI is InChI=1S/C25H36N4O7/c1-3-15(2)21(25(35)36)28-22(32)18(14-16-8-5-4-6-9-16)27-23(33)19-10-7-13-29(19)24(34)17(26)11-12-20(30)31/h4-6,8-9,15,17-19,21H,3,7,10-14,26H2,1-2H3,(H,27,33)(H,28,32)(H,30,31)(H,35,36). The molecule has 1 aromatic rings. The SMILES string of the molecule is CCC(C)C(NC(=O)C(Cc1ccccc1)NC(=O)C1CCCN1C(=O)C(N)CCC(=O)O)C(=O)O. The Morgan fingerprint density at radius 1 is 1.11 bits per heavy atom. The molecule has 1 heterocycles. The van der Waals surface area contributed by atoms with Crippen molar-refractivity contribution in [1.82, 2.24) is 15.5 Å². The lowest BCUT2D eigenvalue weighted by atomic mass is 9.98. The molecule has 11 nitrogen and oxygen atoms in total. The molecule has 5 unspecified atom stereocenters. The van der Waals surface area contributed by atoms with Gasteiger partial charge in [0.05, 0.1) is 6.04 Å². The monoisotopic (exact) mass is 504 g/mol. The molecule has 0 radical (unpaired) electrons. The molecule has 1 aromatic carbocycles. The second-order valence-electron chi connectivity index (χ2n) is 9.19. The van der Waals surface area contributed by atoms with E-state index in [1.807, 2.05) is 13.0 Å². The van der Waals surface area contributed by atoms with Gasteiger partial charge in [0.15, 0.2) is 0 Å². The maximum Gasteiger partial charge on any atom is 0.326 e. The molecule has 1 aliphatic heterocycles. The fourth-order valence-corrected chi connectivity index (χ4v) is 4.18. The molecular weight excluding hydrogens is 468 g/mol. The van der Waals surface area contributed by atoms with Gasteiger partial charge in [-0.2, -0.15) is 0 Å². The number of nitrogens with two attached hydrogens (primary N) is 1. The van der Waals surface area contributed by atoms with Gasteiger partial charge in [0.1, 0.15) is 18.1 Å². The minimum absolute atomic E-state index is 0.0514. The van der Waals surface area contributed by atoms with Crippen LogP contribution >= 0.6 is 0 Å². The number of carbonyl (C=O) groups excluding carboxylic acids is 3. The Kier molecular flexibility index (Phi) is 10.8. The summed E-state index contributed by atoms with van der Waals surface area (Å²) < 4.78 is 0. The van der Waals surface area contributed by atoms with Crippen LogP contribution in [0.2, 0.25) is 0 Å². The first-order valence-electron chi connectivity index (χ1n) is 12.2. The lowest BCUT2D eigenvalue weighted by Gasteiger charge is -2.29. The minimum atomic E-state index is -1.16. The Hall–Kier alpha value is -3.47. The zero-order valence-corrected chi connectivity index (χ0v) is 20.7. The molecule has 2 rings (SSSR count). The van der Waals surface area contributed by atoms with Crippen molar-refractivity contribution in [3.63, 3.8) is 0 Å². The van der Waals surface area contributed by atoms with E-state index in [4.69, 9.17) is 10.8 Å². The van der Waals surface area contributed by atoms with Crippen LogP contribution in [-0.4, -0.2) is 75.5 Å². The largest absolute Gasteiger partial charge is 0.481 e. The molecule has 198 valence electrons. The Labute approximate surface area is 210 Å². The highest BCUT2D eigenvalue weighted by molar-refractivity contribution is 5.94. The summed E-state index contributed by atoms with van der Waals surface area (Å²) in [6.45, 7) is 3.84. The van der Waals surface area contributed by atoms with E-state index in [-0.39, 0.29) is 25.2 Å². The molecule has 6 N–H and O–H groups in total. The molecule has 1 saturated heterocycles. The van der Waals surface area contributed by atoms with E-state index in [1.165, 1.54) is 4.90 Å². The first-order valence-corrected chi connectivity index (χ1v) is 12.2. The predicted molar refractivity (Wildman–Crippen MR) is 131 cm³/mol. The van der Waals surface area contributed by atoms with Gasteiger partial charge in [-0.05, 0) is 30.7 Å². The van der Waals surface area contributed by atoms with E-state index in [2.05, 4.69) is 10.6 Å². The number of nitrogens with zero attached hydrogens (tertiary/aromatic N) is 1. The number of likely N-dealkylation sites (tertiary alicyclic amines) is 1. The number of nitrogens with one attached hydrogen (secondary N) is 2. The summed E-state index contributed by atoms with van der Waals surface area (Å²) >= 11 is 0. The third-order valence-corrected chi connectivity index (χ3v) is 6.52. The third-order valence-electron chi connectivity index (χ3n) is 6.52. The normalized spacial score (nSPS) is 18.5. The van der Waals surface area contributed by atoms with E-state index in [9.17, 15) is 29.1 Å². The van der Waals surface area contributed by atoms with Crippen molar-refractivity contribution in [2.45, 2.75) is 76.5 Å². The lowest BCUT2D eigenvalue weighted by molar-refractivity contribution is -0.144. The van der Waals surface area contributed by atoms with Gasteiger partial charge in [0.25, 0.3) is 0 Å². The van der Waals surface area contributed by atoms with Crippen molar-refractivity contribution < 1.29 is 34.2 Å². The van der Waals surface area contributed by atoms with E-state index < -0.39 is 53.8 Å². The van der Waals surface area contributed by atoms with Crippen LogP contribution in [0.4, 0.5) is 0 Å². The van der Waals surface area contributed by atoms with Gasteiger partial charge in [0.2, 0.25) is 17.7 Å². The van der Waals surface area contributed by atoms with Crippen molar-refractivity contribution in [3.05, 3.63) is 35.9 Å². The zero-order chi connectivity index (χ0) is 26.8. The number of amides is 3. The molecule has 1 fully saturated rings. The quantitative estimate of drug-likeness (QED) is 0.258. The number of carbonyl (C=O) groups is 5. The number of hydrogen-bond donors (Lipinski definition) is 5. The summed E-state index contributed by atoms with van der Waals surface area (Å²) in [7, 11) is 0. The third kappa shape index (κ3) is 8.04. The van der Waals surface area contributed by atoms with Crippen molar-refractivity contribution in [3.8, 4) is 0 Å². The van der Waals surface area contributed by atoms with E-state index in [1.54, 1.807) is 31.2 Å². The Morgan fingerprint density at radius 2 is 1.78 bits per heavy atom. The summed E-state index contributed by atoms with van der Waals surface area (Å²) in [5.74, 6) is -4.24. The van der Waals surface area contributed by atoms with Crippen LogP contribution in [0.15, 0.2) is 30.3 Å². The number of carboxylic acids is 2. The van der Waals surface area contributed by atoms with E-state index in [0.29, 0.717) is 25.8 Å². The average molecular weight is 505 g/mol. The zero-order valence-electron chi connectivity index (χ0n) is 20.7. The Morgan fingerprint density at radius 3 is 2.36 bits per heavy atom. The predicted octanol–water partition coefficient (Wildman–Crippen LogP) is 0.513. The minimum Gasteiger partial charge on any atom is -0.481 e. The van der Waals surface area contributed by atoms with Crippen molar-refractivity contribution in [2.75, 3.05) is 6.54 Å². The van der Waals surface area contributed by atoms with E-state index in [0.717, 1.165) is 5.56 Å². The molecule has 0 saturated carbocycles. The fourth-order valence-electron chi connectivity index (χ4n) is 4.18. The highest BCUT2D eigenvalue weighted by atomic mass is 16.4. The van der Waals surface area contributed by atoms with Gasteiger partial charge in [-0.1, -0.05) is 50.6 Å². The second kappa shape index (κ2) is 13.6. The molecule has 0 aromatic heterocycles. The smallest absolute Gasteiger partial charge is 0.326 e. The highest BCUT2D eigenvalue weighted by Gasteiger charge is 2.38. The number of rotatable bonds is 13. The van der Waals surface area contributed by atoms with Crippen LogP contribution in [0.25, 0.3) is 0 Å². The van der Waals surface area contributed by atoms with Gasteiger partial charge in [-0.15, -0.1) is 0 Å². The summed E-state index contributed by atoms with van der Waals surface area (Å²) in [6, 6.07) is 4.90. The first-order chi connectivity index (χ1) is 17.0. The summed E-state index contributed by atoms with van der Waals surface area (Å²) in [6.07, 6.45) is 1.27. The van der Waals surface area contributed by atoms with Gasteiger partial charge in [-0.3, -0.25) is 19.2 Å². The molecule has 36 heavy (non-hydrogen) atoms. The maximum absolute atomic E-state index is 13.2. The number of hydrogen-bond acceptors (Lipinski definition) is 6. The molecule has 11 heteroatoms. The van der Waals surface area contributed by atoms with Gasteiger partial charge < -0.3 is 31.5 Å². The second-order valence-corrected chi connectivity index (χ2v) is 9.19. The van der Waals surface area contributed by atoms with Crippen LogP contribution in [0.3, 0.4) is 0 Å². The van der Waals surface area contributed by atoms with Crippen LogP contribution in [-0.2, 0) is 30.4 Å². The molecule has 5 atom stereocenters. The van der Waals surface area contributed by atoms with E-state index >= 15 is 0 Å². The maximum atomic E-state index is 13.2. The summed E-state index contributed by atoms with van der Waals surface area (Å²) in [5.41, 5.74) is 6.65. The van der Waals surface area contributed by atoms with Crippen LogP contribution < -0.4 is 16.4 Å². The molecule has 3 amide bonds. The Bertz CT molecular complexity index is 940. The van der Waals surface area contributed by atoms with Gasteiger partial charge in [0, 0.05) is 19.4 Å². The summed E-state index contributed by atoms with van der Waals surface area (Å²) in [4.78, 5) is 63.1. The van der Waals surface area contributed by atoms with Gasteiger partial charge in [-0.25, -0.2) is 4.79 Å². The molecule has 0 spiro atoms. The fraction of sp³-hybridized carbons (Fsp3) is 0.560. The highest BCUT2D eigenvalue weighted by Crippen LogP contribution is 2.20. The first kappa shape index (κ1) is 28.8. The lowest BCUT2D eigenvalue weighted by Crippen LogP contribution is -2.57. The molecular formula is C25H36N4O7. The van der Waals surface area contributed by atoms with Crippen molar-refractivity contribution in [2.24, 2.45) is 11.7 Å².